The minimum absolute atomic E-state index is 0.215. The summed E-state index contributed by atoms with van der Waals surface area (Å²) in [5, 5.41) is 0. The van der Waals surface area contributed by atoms with Crippen molar-refractivity contribution in [2.24, 2.45) is 5.92 Å². The molecule has 1 aliphatic rings. The van der Waals surface area contributed by atoms with Crippen molar-refractivity contribution in [1.29, 1.82) is 0 Å². The van der Waals surface area contributed by atoms with E-state index < -0.39 is 0 Å². The zero-order chi connectivity index (χ0) is 10.8. The quantitative estimate of drug-likeness (QED) is 0.678. The molecule has 1 aliphatic heterocycles. The van der Waals surface area contributed by atoms with Gasteiger partial charge in [-0.1, -0.05) is 6.92 Å². The lowest BCUT2D eigenvalue weighted by molar-refractivity contribution is -0.124. The third-order valence-corrected chi connectivity index (χ3v) is 3.17. The number of carbonyl (C=O) groups excluding carboxylic acids is 1. The first-order valence-corrected chi connectivity index (χ1v) is 5.73. The molecule has 1 saturated heterocycles. The lowest BCUT2D eigenvalue weighted by atomic mass is 9.89. The van der Waals surface area contributed by atoms with Gasteiger partial charge in [0.2, 0.25) is 0 Å². The Kier molecular flexibility index (Phi) is 3.71. The Labute approximate surface area is 87.7 Å². The summed E-state index contributed by atoms with van der Waals surface area (Å²) in [5.74, 6) is 0.743. The number of Topliss-reactive ketones (excluding diaryl/α,β-unsaturated/α-hetero) is 1. The molecule has 0 aromatic carbocycles. The summed E-state index contributed by atoms with van der Waals surface area (Å²) < 4.78 is 0. The highest BCUT2D eigenvalue weighted by atomic mass is 16.1. The Morgan fingerprint density at radius 1 is 1.43 bits per heavy atom. The van der Waals surface area contributed by atoms with Crippen LogP contribution >= 0.6 is 0 Å². The largest absolute Gasteiger partial charge is 0.299 e. The van der Waals surface area contributed by atoms with Crippen molar-refractivity contribution in [2.45, 2.75) is 52.5 Å². The maximum absolute atomic E-state index is 11.6. The van der Waals surface area contributed by atoms with Crippen molar-refractivity contribution in [3.05, 3.63) is 0 Å². The molecule has 0 bridgehead atoms. The predicted octanol–water partition coefficient (Wildman–Crippen LogP) is 2.48. The van der Waals surface area contributed by atoms with Crippen LogP contribution < -0.4 is 0 Å². The van der Waals surface area contributed by atoms with E-state index in [0.717, 1.165) is 19.5 Å². The minimum atomic E-state index is 0.215. The Morgan fingerprint density at radius 2 is 2.07 bits per heavy atom. The first kappa shape index (κ1) is 11.7. The summed E-state index contributed by atoms with van der Waals surface area (Å²) in [4.78, 5) is 14.1. The summed E-state index contributed by atoms with van der Waals surface area (Å²) in [6.45, 7) is 10.8. The molecule has 0 aromatic heterocycles. The Bertz CT molecular complexity index is 205. The van der Waals surface area contributed by atoms with E-state index in [9.17, 15) is 4.79 Å². The third kappa shape index (κ3) is 2.81. The van der Waals surface area contributed by atoms with Crippen molar-refractivity contribution in [1.82, 2.24) is 4.90 Å². The van der Waals surface area contributed by atoms with Crippen LogP contribution in [0.4, 0.5) is 0 Å². The molecule has 82 valence electrons. The number of nitrogens with zero attached hydrogens (tertiary/aromatic N) is 1. The number of likely N-dealkylation sites (tertiary alicyclic amines) is 1. The number of carbonyl (C=O) groups is 1. The fourth-order valence-electron chi connectivity index (χ4n) is 2.14. The van der Waals surface area contributed by atoms with E-state index in [0.29, 0.717) is 18.1 Å². The minimum Gasteiger partial charge on any atom is -0.299 e. The van der Waals surface area contributed by atoms with Crippen LogP contribution in [0.3, 0.4) is 0 Å². The van der Waals surface area contributed by atoms with Crippen LogP contribution in [0.2, 0.25) is 0 Å². The zero-order valence-corrected chi connectivity index (χ0v) is 9.97. The fourth-order valence-corrected chi connectivity index (χ4v) is 2.14. The van der Waals surface area contributed by atoms with Gasteiger partial charge in [-0.2, -0.15) is 0 Å². The first-order valence-electron chi connectivity index (χ1n) is 5.73. The Morgan fingerprint density at radius 3 is 2.57 bits per heavy atom. The van der Waals surface area contributed by atoms with Crippen LogP contribution in [0.15, 0.2) is 0 Å². The molecular formula is C12H23NO. The zero-order valence-electron chi connectivity index (χ0n) is 9.97. The highest BCUT2D eigenvalue weighted by Crippen LogP contribution is 2.24. The molecule has 0 amide bonds. The van der Waals surface area contributed by atoms with Gasteiger partial charge in [0.25, 0.3) is 0 Å². The van der Waals surface area contributed by atoms with E-state index >= 15 is 0 Å². The third-order valence-electron chi connectivity index (χ3n) is 3.17. The maximum atomic E-state index is 11.6. The lowest BCUT2D eigenvalue weighted by Gasteiger charge is -2.41. The van der Waals surface area contributed by atoms with Gasteiger partial charge in [-0.05, 0) is 40.2 Å². The number of ketones is 1. The molecule has 1 fully saturated rings. The standard InChI is InChI=1S/C12H23NO/c1-5-11(14)10-7-6-8-13(9-10)12(2,3)4/h10H,5-9H2,1-4H3. The number of piperidine rings is 1. The van der Waals surface area contributed by atoms with Crippen LogP contribution in [-0.4, -0.2) is 29.3 Å². The molecule has 1 heterocycles. The number of hydrogen-bond donors (Lipinski definition) is 0. The lowest BCUT2D eigenvalue weighted by Crippen LogP contribution is -2.48. The second kappa shape index (κ2) is 4.43. The van der Waals surface area contributed by atoms with Gasteiger partial charge in [0, 0.05) is 24.4 Å². The van der Waals surface area contributed by atoms with Gasteiger partial charge in [0.1, 0.15) is 5.78 Å². The molecule has 1 atom stereocenters. The topological polar surface area (TPSA) is 20.3 Å². The van der Waals surface area contributed by atoms with Gasteiger partial charge in [0.05, 0.1) is 0 Å². The normalized spacial score (nSPS) is 25.0. The Hall–Kier alpha value is -0.370. The van der Waals surface area contributed by atoms with Gasteiger partial charge < -0.3 is 0 Å². The summed E-state index contributed by atoms with van der Waals surface area (Å²) in [7, 11) is 0. The van der Waals surface area contributed by atoms with Crippen LogP contribution in [0.5, 0.6) is 0 Å². The summed E-state index contributed by atoms with van der Waals surface area (Å²) in [6, 6.07) is 0. The van der Waals surface area contributed by atoms with E-state index in [4.69, 9.17) is 0 Å². The van der Waals surface area contributed by atoms with Crippen LogP contribution in [0.1, 0.15) is 47.0 Å². The van der Waals surface area contributed by atoms with Gasteiger partial charge in [-0.3, -0.25) is 9.69 Å². The Balaban J connectivity index is 2.56. The second-order valence-corrected chi connectivity index (χ2v) is 5.28. The van der Waals surface area contributed by atoms with Crippen molar-refractivity contribution in [3.8, 4) is 0 Å². The van der Waals surface area contributed by atoms with Gasteiger partial charge in [-0.15, -0.1) is 0 Å². The predicted molar refractivity (Wildman–Crippen MR) is 59.3 cm³/mol. The van der Waals surface area contributed by atoms with E-state index in [1.807, 2.05) is 6.92 Å². The van der Waals surface area contributed by atoms with E-state index in [2.05, 4.69) is 25.7 Å². The molecular weight excluding hydrogens is 174 g/mol. The molecule has 0 aromatic rings. The van der Waals surface area contributed by atoms with Crippen molar-refractivity contribution in [2.75, 3.05) is 13.1 Å². The molecule has 1 rings (SSSR count). The average Bonchev–Trinajstić information content (AvgIpc) is 2.15. The first-order chi connectivity index (χ1) is 6.45. The highest BCUT2D eigenvalue weighted by Gasteiger charge is 2.30. The van der Waals surface area contributed by atoms with E-state index in [1.165, 1.54) is 6.42 Å². The average molecular weight is 197 g/mol. The second-order valence-electron chi connectivity index (χ2n) is 5.28. The fraction of sp³-hybridized carbons (Fsp3) is 0.917. The summed E-state index contributed by atoms with van der Waals surface area (Å²) in [6.07, 6.45) is 2.97. The molecule has 0 spiro atoms. The molecule has 2 nitrogen and oxygen atoms in total. The molecule has 0 aliphatic carbocycles. The maximum Gasteiger partial charge on any atom is 0.136 e. The molecule has 0 N–H and O–H groups in total. The van der Waals surface area contributed by atoms with Crippen LogP contribution in [0.25, 0.3) is 0 Å². The number of rotatable bonds is 2. The summed E-state index contributed by atoms with van der Waals surface area (Å²) >= 11 is 0. The monoisotopic (exact) mass is 197 g/mol. The highest BCUT2D eigenvalue weighted by molar-refractivity contribution is 5.80. The summed E-state index contributed by atoms with van der Waals surface area (Å²) in [5.41, 5.74) is 0.215. The molecule has 14 heavy (non-hydrogen) atoms. The van der Waals surface area contributed by atoms with Gasteiger partial charge >= 0.3 is 0 Å². The smallest absolute Gasteiger partial charge is 0.136 e. The molecule has 2 heteroatoms. The van der Waals surface area contributed by atoms with Crippen LogP contribution in [-0.2, 0) is 4.79 Å². The number of hydrogen-bond acceptors (Lipinski definition) is 2. The molecule has 0 radical (unpaired) electrons. The molecule has 1 unspecified atom stereocenters. The van der Waals surface area contributed by atoms with E-state index in [-0.39, 0.29) is 5.54 Å². The van der Waals surface area contributed by atoms with Crippen molar-refractivity contribution in [3.63, 3.8) is 0 Å². The molecule has 0 saturated carbocycles. The van der Waals surface area contributed by atoms with Crippen molar-refractivity contribution >= 4 is 5.78 Å². The van der Waals surface area contributed by atoms with Gasteiger partial charge in [0.15, 0.2) is 0 Å². The SMILES string of the molecule is CCC(=O)C1CCCN(C(C)(C)C)C1. The van der Waals surface area contributed by atoms with E-state index in [1.54, 1.807) is 0 Å². The van der Waals surface area contributed by atoms with Crippen LogP contribution in [0, 0.1) is 5.92 Å². The van der Waals surface area contributed by atoms with Gasteiger partial charge in [-0.25, -0.2) is 0 Å². The van der Waals surface area contributed by atoms with Crippen molar-refractivity contribution < 1.29 is 4.79 Å².